The van der Waals surface area contributed by atoms with Crippen molar-refractivity contribution in [2.45, 2.75) is 13.5 Å². The zero-order chi connectivity index (χ0) is 12.1. The van der Waals surface area contributed by atoms with Gasteiger partial charge in [0.05, 0.1) is 0 Å². The topological polar surface area (TPSA) is 15.3 Å². The molecule has 4 heteroatoms. The summed E-state index contributed by atoms with van der Waals surface area (Å²) in [6, 6.07) is 5.39. The third kappa shape index (κ3) is 3.13. The van der Waals surface area contributed by atoms with Crippen molar-refractivity contribution in [3.63, 3.8) is 0 Å². The van der Waals surface area contributed by atoms with Gasteiger partial charge in [-0.2, -0.15) is 11.8 Å². The molecule has 1 aromatic carbocycles. The Kier molecular flexibility index (Phi) is 4.68. The molecule has 1 heterocycles. The molecule has 94 valence electrons. The second-order valence-corrected chi connectivity index (χ2v) is 5.34. The van der Waals surface area contributed by atoms with E-state index in [4.69, 9.17) is 0 Å². The first kappa shape index (κ1) is 12.7. The van der Waals surface area contributed by atoms with Crippen LogP contribution < -0.4 is 10.2 Å². The van der Waals surface area contributed by atoms with Crippen molar-refractivity contribution in [3.05, 3.63) is 29.6 Å². The number of hydrogen-bond acceptors (Lipinski definition) is 3. The van der Waals surface area contributed by atoms with E-state index in [0.29, 0.717) is 6.54 Å². The van der Waals surface area contributed by atoms with E-state index in [2.05, 4.69) is 10.2 Å². The van der Waals surface area contributed by atoms with Crippen molar-refractivity contribution in [3.8, 4) is 0 Å². The fourth-order valence-corrected chi connectivity index (χ4v) is 2.98. The summed E-state index contributed by atoms with van der Waals surface area (Å²) in [6.45, 7) is 5.56. The van der Waals surface area contributed by atoms with Gasteiger partial charge in [-0.15, -0.1) is 0 Å². The van der Waals surface area contributed by atoms with Crippen LogP contribution >= 0.6 is 11.8 Å². The van der Waals surface area contributed by atoms with Crippen molar-refractivity contribution in [1.29, 1.82) is 0 Å². The molecule has 1 aliphatic heterocycles. The molecule has 1 aromatic rings. The van der Waals surface area contributed by atoms with Gasteiger partial charge in [-0.05, 0) is 18.7 Å². The maximum Gasteiger partial charge on any atom is 0.129 e. The highest BCUT2D eigenvalue weighted by atomic mass is 32.2. The van der Waals surface area contributed by atoms with Gasteiger partial charge in [0.25, 0.3) is 0 Å². The molecular weight excluding hydrogens is 235 g/mol. The molecule has 0 bridgehead atoms. The first-order chi connectivity index (χ1) is 8.33. The van der Waals surface area contributed by atoms with Crippen molar-refractivity contribution < 1.29 is 4.39 Å². The summed E-state index contributed by atoms with van der Waals surface area (Å²) < 4.78 is 13.9. The summed E-state index contributed by atoms with van der Waals surface area (Å²) in [5.74, 6) is 2.18. The average Bonchev–Trinajstić information content (AvgIpc) is 2.38. The molecule has 0 saturated carbocycles. The third-order valence-electron chi connectivity index (χ3n) is 3.00. The lowest BCUT2D eigenvalue weighted by molar-refractivity contribution is 0.591. The number of benzene rings is 1. The van der Waals surface area contributed by atoms with Crippen molar-refractivity contribution in [2.24, 2.45) is 0 Å². The van der Waals surface area contributed by atoms with Crippen molar-refractivity contribution in [2.75, 3.05) is 36.0 Å². The molecule has 0 unspecified atom stereocenters. The molecular formula is C13H19FN2S. The summed E-state index contributed by atoms with van der Waals surface area (Å²) in [6.07, 6.45) is 0. The van der Waals surface area contributed by atoms with Crippen LogP contribution in [0.5, 0.6) is 0 Å². The minimum atomic E-state index is -0.0957. The molecule has 0 aromatic heterocycles. The molecule has 0 spiro atoms. The highest BCUT2D eigenvalue weighted by molar-refractivity contribution is 7.99. The first-order valence-corrected chi connectivity index (χ1v) is 7.29. The van der Waals surface area contributed by atoms with Crippen LogP contribution in [0.1, 0.15) is 12.5 Å². The van der Waals surface area contributed by atoms with E-state index < -0.39 is 0 Å². The van der Waals surface area contributed by atoms with Gasteiger partial charge in [0, 0.05) is 42.4 Å². The summed E-state index contributed by atoms with van der Waals surface area (Å²) in [7, 11) is 0. The second-order valence-electron chi connectivity index (χ2n) is 4.12. The molecule has 1 fully saturated rings. The van der Waals surface area contributed by atoms with Crippen molar-refractivity contribution in [1.82, 2.24) is 5.32 Å². The van der Waals surface area contributed by atoms with Gasteiger partial charge in [0.1, 0.15) is 5.82 Å². The van der Waals surface area contributed by atoms with Gasteiger partial charge in [0.2, 0.25) is 0 Å². The van der Waals surface area contributed by atoms with E-state index in [1.54, 1.807) is 6.07 Å². The molecule has 2 nitrogen and oxygen atoms in total. The Morgan fingerprint density at radius 3 is 2.82 bits per heavy atom. The van der Waals surface area contributed by atoms with Crippen LogP contribution in [0, 0.1) is 5.82 Å². The molecule has 17 heavy (non-hydrogen) atoms. The highest BCUT2D eigenvalue weighted by Crippen LogP contribution is 2.25. The minimum absolute atomic E-state index is 0.0957. The van der Waals surface area contributed by atoms with E-state index in [1.807, 2.05) is 30.8 Å². The number of nitrogens with one attached hydrogen (secondary N) is 1. The lowest BCUT2D eigenvalue weighted by Crippen LogP contribution is -2.33. The van der Waals surface area contributed by atoms with E-state index in [-0.39, 0.29) is 5.82 Å². The van der Waals surface area contributed by atoms with E-state index in [9.17, 15) is 4.39 Å². The molecule has 0 aliphatic carbocycles. The second kappa shape index (κ2) is 6.26. The number of anilines is 1. The Balaban J connectivity index is 2.21. The fraction of sp³-hybridized carbons (Fsp3) is 0.538. The van der Waals surface area contributed by atoms with Gasteiger partial charge in [-0.1, -0.05) is 13.0 Å². The van der Waals surface area contributed by atoms with Gasteiger partial charge in [-0.3, -0.25) is 0 Å². The SMILES string of the molecule is CCNCc1c(F)cccc1N1CCSCC1. The number of rotatable bonds is 4. The van der Waals surface area contributed by atoms with Crippen LogP contribution in [-0.4, -0.2) is 31.1 Å². The van der Waals surface area contributed by atoms with Gasteiger partial charge >= 0.3 is 0 Å². The first-order valence-electron chi connectivity index (χ1n) is 6.13. The van der Waals surface area contributed by atoms with E-state index in [0.717, 1.165) is 42.4 Å². The van der Waals surface area contributed by atoms with Gasteiger partial charge in [0.15, 0.2) is 0 Å². The maximum atomic E-state index is 13.9. The lowest BCUT2D eigenvalue weighted by Gasteiger charge is -2.30. The van der Waals surface area contributed by atoms with Crippen LogP contribution in [0.25, 0.3) is 0 Å². The quantitative estimate of drug-likeness (QED) is 0.888. The van der Waals surface area contributed by atoms with Crippen LogP contribution in [-0.2, 0) is 6.54 Å². The predicted molar refractivity (Wildman–Crippen MR) is 73.3 cm³/mol. The summed E-state index contributed by atoms with van der Waals surface area (Å²) in [5, 5.41) is 3.21. The minimum Gasteiger partial charge on any atom is -0.370 e. The Morgan fingerprint density at radius 1 is 1.35 bits per heavy atom. The van der Waals surface area contributed by atoms with E-state index in [1.165, 1.54) is 0 Å². The Bertz CT molecular complexity index is 364. The monoisotopic (exact) mass is 254 g/mol. The molecule has 2 rings (SSSR count). The zero-order valence-electron chi connectivity index (χ0n) is 10.2. The normalized spacial score (nSPS) is 16.2. The number of nitrogens with zero attached hydrogens (tertiary/aromatic N) is 1. The molecule has 0 atom stereocenters. The molecule has 0 radical (unpaired) electrons. The van der Waals surface area contributed by atoms with Crippen LogP contribution in [0.4, 0.5) is 10.1 Å². The molecule has 1 N–H and O–H groups in total. The molecule has 0 amide bonds. The molecule has 1 aliphatic rings. The largest absolute Gasteiger partial charge is 0.370 e. The summed E-state index contributed by atoms with van der Waals surface area (Å²) in [5.41, 5.74) is 1.87. The number of thioether (sulfide) groups is 1. The van der Waals surface area contributed by atoms with E-state index >= 15 is 0 Å². The summed E-state index contributed by atoms with van der Waals surface area (Å²) >= 11 is 1.97. The summed E-state index contributed by atoms with van der Waals surface area (Å²) in [4.78, 5) is 2.30. The van der Waals surface area contributed by atoms with Crippen LogP contribution in [0.2, 0.25) is 0 Å². The predicted octanol–water partition coefficient (Wildman–Crippen LogP) is 2.49. The fourth-order valence-electron chi connectivity index (χ4n) is 2.07. The third-order valence-corrected chi connectivity index (χ3v) is 3.94. The lowest BCUT2D eigenvalue weighted by atomic mass is 10.1. The smallest absolute Gasteiger partial charge is 0.129 e. The molecule has 1 saturated heterocycles. The Morgan fingerprint density at radius 2 is 2.12 bits per heavy atom. The van der Waals surface area contributed by atoms with Gasteiger partial charge < -0.3 is 10.2 Å². The number of halogens is 1. The Hall–Kier alpha value is -0.740. The highest BCUT2D eigenvalue weighted by Gasteiger charge is 2.16. The average molecular weight is 254 g/mol. The Labute approximate surface area is 107 Å². The zero-order valence-corrected chi connectivity index (χ0v) is 11.0. The van der Waals surface area contributed by atoms with Crippen LogP contribution in [0.15, 0.2) is 18.2 Å². The van der Waals surface area contributed by atoms with Crippen molar-refractivity contribution >= 4 is 17.4 Å². The maximum absolute atomic E-state index is 13.9. The van der Waals surface area contributed by atoms with Crippen LogP contribution in [0.3, 0.4) is 0 Å². The number of hydrogen-bond donors (Lipinski definition) is 1. The van der Waals surface area contributed by atoms with Gasteiger partial charge in [-0.25, -0.2) is 4.39 Å². The standard InChI is InChI=1S/C13H19FN2S/c1-2-15-10-11-12(14)4-3-5-13(11)16-6-8-17-9-7-16/h3-5,15H,2,6-10H2,1H3.